The summed E-state index contributed by atoms with van der Waals surface area (Å²) in [5, 5.41) is 4.08. The van der Waals surface area contributed by atoms with Gasteiger partial charge in [-0.1, -0.05) is 25.1 Å². The fourth-order valence-corrected chi connectivity index (χ4v) is 4.19. The van der Waals surface area contributed by atoms with E-state index in [9.17, 15) is 9.59 Å². The van der Waals surface area contributed by atoms with Crippen LogP contribution in [0.4, 0.5) is 0 Å². The van der Waals surface area contributed by atoms with Crippen LogP contribution in [-0.4, -0.2) is 72.0 Å². The Labute approximate surface area is 205 Å². The van der Waals surface area contributed by atoms with Crippen LogP contribution in [-0.2, 0) is 14.3 Å². The summed E-state index contributed by atoms with van der Waals surface area (Å²) >= 11 is 0. The van der Waals surface area contributed by atoms with Crippen LogP contribution in [0.5, 0.6) is 5.88 Å². The van der Waals surface area contributed by atoms with Crippen LogP contribution in [0.2, 0.25) is 0 Å². The molecule has 1 atom stereocenters. The minimum absolute atomic E-state index is 0.0132. The highest BCUT2D eigenvalue weighted by molar-refractivity contribution is 5.85. The van der Waals surface area contributed by atoms with E-state index in [0.29, 0.717) is 37.6 Å². The van der Waals surface area contributed by atoms with E-state index in [4.69, 9.17) is 9.47 Å². The van der Waals surface area contributed by atoms with Gasteiger partial charge in [-0.3, -0.25) is 9.59 Å². The lowest BCUT2D eigenvalue weighted by atomic mass is 10.00. The molecule has 1 aliphatic rings. The van der Waals surface area contributed by atoms with Gasteiger partial charge in [-0.25, -0.2) is 9.97 Å². The molecule has 1 aliphatic heterocycles. The zero-order valence-corrected chi connectivity index (χ0v) is 20.5. The lowest BCUT2D eigenvalue weighted by molar-refractivity contribution is -0.130. The monoisotopic (exact) mass is 479 g/mol. The van der Waals surface area contributed by atoms with Gasteiger partial charge in [0.25, 0.3) is 0 Å². The number of hydrogen-bond acceptors (Lipinski definition) is 7. The number of nitrogens with zero attached hydrogens (tertiary/aromatic N) is 3. The molecular weight excluding hydrogens is 446 g/mol. The van der Waals surface area contributed by atoms with Gasteiger partial charge in [0.05, 0.1) is 42.6 Å². The van der Waals surface area contributed by atoms with Crippen molar-refractivity contribution in [3.8, 4) is 17.1 Å². The number of likely N-dealkylation sites (tertiary alicyclic amines) is 1. The summed E-state index contributed by atoms with van der Waals surface area (Å²) in [4.78, 5) is 38.9. The molecule has 9 heteroatoms. The van der Waals surface area contributed by atoms with E-state index in [-0.39, 0.29) is 24.2 Å². The summed E-state index contributed by atoms with van der Waals surface area (Å²) in [6.45, 7) is 4.04. The number of H-pyrrole nitrogens is 1. The summed E-state index contributed by atoms with van der Waals surface area (Å²) in [5.74, 6) is 1.26. The predicted molar refractivity (Wildman–Crippen MR) is 133 cm³/mol. The first-order valence-corrected chi connectivity index (χ1v) is 12.1. The maximum absolute atomic E-state index is 12.8. The highest BCUT2D eigenvalue weighted by Crippen LogP contribution is 2.31. The Morgan fingerprint density at radius 3 is 2.83 bits per heavy atom. The molecule has 35 heavy (non-hydrogen) atoms. The topological polar surface area (TPSA) is 109 Å². The molecule has 3 heterocycles. The molecule has 186 valence electrons. The van der Waals surface area contributed by atoms with Gasteiger partial charge in [0, 0.05) is 37.9 Å². The smallest absolute Gasteiger partial charge is 0.226 e. The number of aromatic amines is 1. The van der Waals surface area contributed by atoms with E-state index < -0.39 is 6.04 Å². The van der Waals surface area contributed by atoms with E-state index in [1.54, 1.807) is 13.3 Å². The lowest BCUT2D eigenvalue weighted by Crippen LogP contribution is -2.52. The molecule has 1 fully saturated rings. The van der Waals surface area contributed by atoms with E-state index in [1.165, 1.54) is 0 Å². The van der Waals surface area contributed by atoms with E-state index in [2.05, 4.69) is 25.2 Å². The zero-order chi connectivity index (χ0) is 24.8. The molecule has 0 bridgehead atoms. The number of Topliss-reactive ketones (excluding diaryl/α,β-unsaturated/α-hetero) is 1. The zero-order valence-electron chi connectivity index (χ0n) is 20.5. The number of nitrogens with one attached hydrogen (secondary N) is 2. The SMILES string of the molecule is CCC(=O)CCCOC[C@H](NC(=O)C1CN(C)C1)c1ncc(-c2cc3ccccc3nc2OC)[nH]1. The first-order valence-electron chi connectivity index (χ1n) is 12.1. The van der Waals surface area contributed by atoms with Gasteiger partial charge in [0.1, 0.15) is 17.6 Å². The van der Waals surface area contributed by atoms with Crippen molar-refractivity contribution in [2.75, 3.05) is 40.5 Å². The number of amides is 1. The van der Waals surface area contributed by atoms with Gasteiger partial charge in [0.2, 0.25) is 11.8 Å². The summed E-state index contributed by atoms with van der Waals surface area (Å²) in [6, 6.07) is 9.41. The van der Waals surface area contributed by atoms with Gasteiger partial charge < -0.3 is 24.7 Å². The quantitative estimate of drug-likeness (QED) is 0.384. The van der Waals surface area contributed by atoms with Crippen molar-refractivity contribution in [1.29, 1.82) is 0 Å². The van der Waals surface area contributed by atoms with Crippen LogP contribution in [0.3, 0.4) is 0 Å². The molecule has 0 radical (unpaired) electrons. The molecule has 0 saturated carbocycles. The Balaban J connectivity index is 1.51. The number of aromatic nitrogens is 3. The fourth-order valence-electron chi connectivity index (χ4n) is 4.19. The number of rotatable bonds is 12. The van der Waals surface area contributed by atoms with Crippen molar-refractivity contribution in [1.82, 2.24) is 25.2 Å². The van der Waals surface area contributed by atoms with Gasteiger partial charge in [-0.05, 0) is 25.6 Å². The number of imidazole rings is 1. The van der Waals surface area contributed by atoms with Crippen molar-refractivity contribution >= 4 is 22.6 Å². The van der Waals surface area contributed by atoms with Crippen LogP contribution in [0.15, 0.2) is 36.5 Å². The second-order valence-corrected chi connectivity index (χ2v) is 8.97. The number of ketones is 1. The predicted octanol–water partition coefficient (Wildman–Crippen LogP) is 3.13. The Morgan fingerprint density at radius 1 is 1.29 bits per heavy atom. The average Bonchev–Trinajstić information content (AvgIpc) is 3.34. The number of carbonyl (C=O) groups is 2. The molecule has 2 aromatic heterocycles. The number of hydrogen-bond donors (Lipinski definition) is 2. The third-order valence-corrected chi connectivity index (χ3v) is 6.27. The molecular formula is C26H33N5O4. The summed E-state index contributed by atoms with van der Waals surface area (Å²) in [7, 11) is 3.58. The largest absolute Gasteiger partial charge is 0.480 e. The van der Waals surface area contributed by atoms with Gasteiger partial charge >= 0.3 is 0 Å². The highest BCUT2D eigenvalue weighted by Gasteiger charge is 2.32. The van der Waals surface area contributed by atoms with Crippen molar-refractivity contribution in [2.45, 2.75) is 32.2 Å². The van der Waals surface area contributed by atoms with Crippen molar-refractivity contribution in [3.63, 3.8) is 0 Å². The maximum Gasteiger partial charge on any atom is 0.226 e. The summed E-state index contributed by atoms with van der Waals surface area (Å²) in [5.41, 5.74) is 2.37. The van der Waals surface area contributed by atoms with Gasteiger partial charge in [-0.15, -0.1) is 0 Å². The third kappa shape index (κ3) is 6.04. The first kappa shape index (κ1) is 24.8. The Bertz CT molecular complexity index is 1170. The van der Waals surface area contributed by atoms with Crippen LogP contribution in [0.1, 0.15) is 38.1 Å². The number of para-hydroxylation sites is 1. The molecule has 9 nitrogen and oxygen atoms in total. The van der Waals surface area contributed by atoms with Crippen LogP contribution in [0, 0.1) is 5.92 Å². The number of carbonyl (C=O) groups excluding carboxylic acids is 2. The number of pyridine rings is 1. The molecule has 0 aliphatic carbocycles. The van der Waals surface area contributed by atoms with Crippen LogP contribution < -0.4 is 10.1 Å². The molecule has 0 unspecified atom stereocenters. The Hall–Kier alpha value is -3.30. The fraction of sp³-hybridized carbons (Fsp3) is 0.462. The number of benzene rings is 1. The maximum atomic E-state index is 12.8. The second-order valence-electron chi connectivity index (χ2n) is 8.97. The Morgan fingerprint density at radius 2 is 2.09 bits per heavy atom. The number of ether oxygens (including phenoxy) is 2. The average molecular weight is 480 g/mol. The van der Waals surface area contributed by atoms with Gasteiger partial charge in [-0.2, -0.15) is 0 Å². The Kier molecular flexibility index (Phi) is 8.09. The van der Waals surface area contributed by atoms with Gasteiger partial charge in [0.15, 0.2) is 0 Å². The van der Waals surface area contributed by atoms with Crippen LogP contribution in [0.25, 0.3) is 22.2 Å². The van der Waals surface area contributed by atoms with Crippen LogP contribution >= 0.6 is 0 Å². The molecule has 2 N–H and O–H groups in total. The highest BCUT2D eigenvalue weighted by atomic mass is 16.5. The summed E-state index contributed by atoms with van der Waals surface area (Å²) < 4.78 is 11.4. The second kappa shape index (κ2) is 11.4. The molecule has 1 amide bonds. The van der Waals surface area contributed by atoms with E-state index >= 15 is 0 Å². The minimum Gasteiger partial charge on any atom is -0.480 e. The van der Waals surface area contributed by atoms with Crippen molar-refractivity contribution in [2.24, 2.45) is 5.92 Å². The first-order chi connectivity index (χ1) is 17.0. The minimum atomic E-state index is -0.441. The molecule has 3 aromatic rings. The number of methoxy groups -OCH3 is 1. The number of fused-ring (bicyclic) bond motifs is 1. The normalized spacial score (nSPS) is 15.1. The molecule has 0 spiro atoms. The van der Waals surface area contributed by atoms with E-state index in [1.807, 2.05) is 44.3 Å². The van der Waals surface area contributed by atoms with E-state index in [0.717, 1.165) is 35.2 Å². The van der Waals surface area contributed by atoms with Crippen molar-refractivity contribution in [3.05, 3.63) is 42.4 Å². The summed E-state index contributed by atoms with van der Waals surface area (Å²) in [6.07, 6.45) is 3.42. The standard InChI is InChI=1S/C26H33N5O4/c1-4-19(32)9-7-11-35-16-23(29-25(33)18-14-31(2)15-18)24-27-13-22(28-24)20-12-17-8-5-6-10-21(17)30-26(20)34-3/h5-6,8,10,12-13,18,23H,4,7,9,11,14-16H2,1-3H3,(H,27,28)(H,29,33)/t23-/m0/s1. The molecule has 1 aromatic carbocycles. The van der Waals surface area contributed by atoms with Crippen molar-refractivity contribution < 1.29 is 19.1 Å². The third-order valence-electron chi connectivity index (χ3n) is 6.27. The molecule has 4 rings (SSSR count). The molecule has 1 saturated heterocycles. The lowest BCUT2D eigenvalue weighted by Gasteiger charge is -2.35.